The molecule has 0 spiro atoms. The smallest absolute Gasteiger partial charge is 0.143 e. The van der Waals surface area contributed by atoms with Crippen molar-refractivity contribution in [3.8, 4) is 0 Å². The molecule has 4 heteroatoms. The molecule has 0 heterocycles. The van der Waals surface area contributed by atoms with Crippen LogP contribution in [0.25, 0.3) is 0 Å². The number of hydrogen-bond donors (Lipinski definition) is 0. The third-order valence-corrected chi connectivity index (χ3v) is 15.3. The number of allylic oxidation sites excluding steroid dienone is 6. The summed E-state index contributed by atoms with van der Waals surface area (Å²) in [5.74, 6) is 7.77. The molecule has 0 aromatic rings. The van der Waals surface area contributed by atoms with E-state index in [1.807, 2.05) is 0 Å². The van der Waals surface area contributed by atoms with Crippen LogP contribution in [0.1, 0.15) is 189 Å². The first-order valence-corrected chi connectivity index (χ1v) is 23.1. The van der Waals surface area contributed by atoms with Gasteiger partial charge >= 0.3 is 0 Å². The van der Waals surface area contributed by atoms with E-state index in [0.29, 0.717) is 37.4 Å². The molecule has 0 amide bonds. The minimum atomic E-state index is -0.107. The zero-order valence-corrected chi connectivity index (χ0v) is 35.5. The quantitative estimate of drug-likeness (QED) is 0.0796. The van der Waals surface area contributed by atoms with E-state index < -0.39 is 0 Å². The fraction of sp³-hybridized carbons (Fsp3) is 0.800. The van der Waals surface area contributed by atoms with Gasteiger partial charge in [-0.05, 0) is 156 Å². The minimum Gasteiger partial charge on any atom is -0.300 e. The Morgan fingerprint density at radius 3 is 2.37 bits per heavy atom. The van der Waals surface area contributed by atoms with Crippen molar-refractivity contribution in [1.82, 2.24) is 0 Å². The van der Waals surface area contributed by atoms with E-state index in [-0.39, 0.29) is 41.5 Å². The molecule has 3 saturated carbocycles. The molecule has 10 unspecified atom stereocenters. The number of hydrogen-bond acceptors (Lipinski definition) is 4. The van der Waals surface area contributed by atoms with Gasteiger partial charge in [0.05, 0.1) is 6.42 Å². The van der Waals surface area contributed by atoms with Gasteiger partial charge in [-0.1, -0.05) is 95.6 Å². The molecule has 0 aromatic carbocycles. The second-order valence-corrected chi connectivity index (χ2v) is 19.7. The minimum absolute atomic E-state index is 0.0244. The zero-order valence-electron chi connectivity index (χ0n) is 35.5. The van der Waals surface area contributed by atoms with Gasteiger partial charge in [-0.3, -0.25) is 19.2 Å². The van der Waals surface area contributed by atoms with Crippen LogP contribution in [0, 0.1) is 65.1 Å². The lowest BCUT2D eigenvalue weighted by molar-refractivity contribution is -0.130. The van der Waals surface area contributed by atoms with Crippen molar-refractivity contribution in [2.75, 3.05) is 0 Å². The Bertz CT molecular complexity index is 1380. The molecule has 3 fully saturated rings. The Morgan fingerprint density at radius 1 is 0.852 bits per heavy atom. The Kier molecular flexibility index (Phi) is 16.6. The highest BCUT2D eigenvalue weighted by atomic mass is 16.1. The average Bonchev–Trinajstić information content (AvgIpc) is 3.54. The molecule has 0 bridgehead atoms. The third-order valence-electron chi connectivity index (χ3n) is 15.3. The maximum atomic E-state index is 13.7. The van der Waals surface area contributed by atoms with E-state index >= 15 is 0 Å². The Balaban J connectivity index is 1.11. The standard InChI is InChI=1S/C50H78O4/c1-7-13-40(44(8-2)50(54)27-35(6)51)28-36-15-10-12-17-39(34(5)26-42(52)30-36)32-43(53)31-37-18-21-46-41(29-37)20-23-49-47-22-19-38(16-11-9-14-33(3)4)45(47)24-25-48(46)49/h12,17,20,33,36-38,40,44-49H,7-11,13-16,18-19,21-32H2,1-6H3/b17-12-,39-34+. The molecule has 0 aliphatic heterocycles. The van der Waals surface area contributed by atoms with E-state index in [9.17, 15) is 19.2 Å². The second-order valence-electron chi connectivity index (χ2n) is 19.7. The highest BCUT2D eigenvalue weighted by Gasteiger charge is 2.49. The molecule has 0 saturated heterocycles. The number of carbonyl (C=O) groups is 4. The normalized spacial score (nSPS) is 33.2. The monoisotopic (exact) mass is 743 g/mol. The first-order valence-electron chi connectivity index (χ1n) is 23.1. The molecule has 5 aliphatic carbocycles. The van der Waals surface area contributed by atoms with Gasteiger partial charge in [0.15, 0.2) is 0 Å². The number of fused-ring (bicyclic) bond motifs is 5. The molecular weight excluding hydrogens is 665 g/mol. The molecule has 54 heavy (non-hydrogen) atoms. The van der Waals surface area contributed by atoms with Crippen LogP contribution in [0.2, 0.25) is 0 Å². The van der Waals surface area contributed by atoms with Crippen molar-refractivity contribution < 1.29 is 19.2 Å². The SMILES string of the molecule is CCCC(CC1CC/C=C\C(CC(=O)CC2CCC3C(=CCC4C3CCC3C(CCCCC(C)C)CCC34)C2)=C(\C)CC(=O)C1)C(CC)C(=O)CC(C)=O. The van der Waals surface area contributed by atoms with Crippen molar-refractivity contribution in [3.05, 3.63) is 34.9 Å². The predicted molar refractivity (Wildman–Crippen MR) is 223 cm³/mol. The molecule has 0 N–H and O–H groups in total. The molecule has 4 nitrogen and oxygen atoms in total. The van der Waals surface area contributed by atoms with Gasteiger partial charge < -0.3 is 0 Å². The van der Waals surface area contributed by atoms with Crippen LogP contribution in [0.5, 0.6) is 0 Å². The van der Waals surface area contributed by atoms with Crippen LogP contribution in [-0.2, 0) is 19.2 Å². The molecule has 5 rings (SSSR count). The zero-order chi connectivity index (χ0) is 38.8. The maximum Gasteiger partial charge on any atom is 0.143 e. The highest BCUT2D eigenvalue weighted by Crippen LogP contribution is 2.59. The highest BCUT2D eigenvalue weighted by molar-refractivity contribution is 5.99. The molecule has 5 aliphatic rings. The van der Waals surface area contributed by atoms with Crippen molar-refractivity contribution in [1.29, 1.82) is 0 Å². The van der Waals surface area contributed by atoms with Crippen LogP contribution in [0.4, 0.5) is 0 Å². The second kappa shape index (κ2) is 20.9. The summed E-state index contributed by atoms with van der Waals surface area (Å²) in [6.45, 7) is 12.5. The van der Waals surface area contributed by atoms with Crippen LogP contribution in [-0.4, -0.2) is 23.1 Å². The van der Waals surface area contributed by atoms with E-state index in [1.54, 1.807) is 5.57 Å². The summed E-state index contributed by atoms with van der Waals surface area (Å²) in [4.78, 5) is 51.8. The van der Waals surface area contributed by atoms with Crippen molar-refractivity contribution in [3.63, 3.8) is 0 Å². The van der Waals surface area contributed by atoms with E-state index in [0.717, 1.165) is 97.5 Å². The molecule has 10 atom stereocenters. The summed E-state index contributed by atoms with van der Waals surface area (Å²) in [7, 11) is 0. The van der Waals surface area contributed by atoms with Crippen molar-refractivity contribution >= 4 is 23.1 Å². The maximum absolute atomic E-state index is 13.7. The number of unbranched alkanes of at least 4 members (excludes halogenated alkanes) is 1. The summed E-state index contributed by atoms with van der Waals surface area (Å²) in [5.41, 5.74) is 3.80. The molecule has 0 radical (unpaired) electrons. The van der Waals surface area contributed by atoms with Crippen LogP contribution < -0.4 is 0 Å². The summed E-state index contributed by atoms with van der Waals surface area (Å²) in [6.07, 6.45) is 30.9. The van der Waals surface area contributed by atoms with Gasteiger partial charge in [0, 0.05) is 31.6 Å². The summed E-state index contributed by atoms with van der Waals surface area (Å²) < 4.78 is 0. The van der Waals surface area contributed by atoms with Crippen molar-refractivity contribution in [2.24, 2.45) is 65.1 Å². The predicted octanol–water partition coefficient (Wildman–Crippen LogP) is 13.0. The van der Waals surface area contributed by atoms with E-state index in [1.165, 1.54) is 77.6 Å². The number of carbonyl (C=O) groups excluding carboxylic acids is 4. The van der Waals surface area contributed by atoms with Gasteiger partial charge in [-0.15, -0.1) is 0 Å². The van der Waals surface area contributed by atoms with Crippen LogP contribution in [0.3, 0.4) is 0 Å². The van der Waals surface area contributed by atoms with Gasteiger partial charge in [0.25, 0.3) is 0 Å². The summed E-state index contributed by atoms with van der Waals surface area (Å²) in [6, 6.07) is 0. The van der Waals surface area contributed by atoms with E-state index in [4.69, 9.17) is 0 Å². The first kappa shape index (κ1) is 43.0. The van der Waals surface area contributed by atoms with Crippen LogP contribution in [0.15, 0.2) is 34.9 Å². The fourth-order valence-corrected chi connectivity index (χ4v) is 12.7. The molecule has 302 valence electrons. The largest absolute Gasteiger partial charge is 0.300 e. The van der Waals surface area contributed by atoms with Crippen molar-refractivity contribution in [2.45, 2.75) is 189 Å². The molecular formula is C50H78O4. The topological polar surface area (TPSA) is 68.3 Å². The number of ketones is 4. The van der Waals surface area contributed by atoms with Gasteiger partial charge in [-0.2, -0.15) is 0 Å². The lowest BCUT2D eigenvalue weighted by atomic mass is 9.55. The third kappa shape index (κ3) is 11.7. The summed E-state index contributed by atoms with van der Waals surface area (Å²) in [5, 5.41) is 0. The van der Waals surface area contributed by atoms with Crippen LogP contribution >= 0.6 is 0 Å². The lowest BCUT2D eigenvalue weighted by Crippen LogP contribution is -2.41. The van der Waals surface area contributed by atoms with Gasteiger partial charge in [0.1, 0.15) is 23.1 Å². The fourth-order valence-electron chi connectivity index (χ4n) is 12.7. The van der Waals surface area contributed by atoms with Gasteiger partial charge in [0.2, 0.25) is 0 Å². The first-order chi connectivity index (χ1) is 26.0. The van der Waals surface area contributed by atoms with Gasteiger partial charge in [-0.25, -0.2) is 0 Å². The Morgan fingerprint density at radius 2 is 1.63 bits per heavy atom. The van der Waals surface area contributed by atoms with E-state index in [2.05, 4.69) is 52.8 Å². The lowest BCUT2D eigenvalue weighted by Gasteiger charge is -2.50. The summed E-state index contributed by atoms with van der Waals surface area (Å²) >= 11 is 0. The Labute approximate surface area is 330 Å². The average molecular weight is 743 g/mol. The Hall–Kier alpha value is -2.10. The number of rotatable bonds is 18. The number of Topliss-reactive ketones (excluding diaryl/α,β-unsaturated/α-hetero) is 4. The molecule has 0 aromatic heterocycles.